The Morgan fingerprint density at radius 2 is 1.67 bits per heavy atom. The minimum absolute atomic E-state index is 0.150. The average molecular weight is 401 g/mol. The summed E-state index contributed by atoms with van der Waals surface area (Å²) in [5.41, 5.74) is 2.10. The number of aryl methyl sites for hydroxylation is 1. The van der Waals surface area contributed by atoms with Gasteiger partial charge in [0.15, 0.2) is 0 Å². The summed E-state index contributed by atoms with van der Waals surface area (Å²) in [6.07, 6.45) is 0. The number of sulfonamides is 1. The van der Waals surface area contributed by atoms with Crippen molar-refractivity contribution >= 4 is 38.9 Å². The van der Waals surface area contributed by atoms with Crippen LogP contribution in [-0.2, 0) is 10.0 Å². The van der Waals surface area contributed by atoms with Gasteiger partial charge in [-0.3, -0.25) is 9.52 Å². The molecular formula is C20H17ClN2O3S. The quantitative estimate of drug-likeness (QED) is 0.651. The fourth-order valence-corrected chi connectivity index (χ4v) is 3.80. The zero-order valence-corrected chi connectivity index (χ0v) is 16.0. The van der Waals surface area contributed by atoms with Crippen molar-refractivity contribution in [2.24, 2.45) is 0 Å². The summed E-state index contributed by atoms with van der Waals surface area (Å²) in [6, 6.07) is 19.5. The van der Waals surface area contributed by atoms with Crippen LogP contribution in [0, 0.1) is 6.92 Å². The van der Waals surface area contributed by atoms with Gasteiger partial charge in [0.1, 0.15) is 0 Å². The number of benzene rings is 3. The molecule has 138 valence electrons. The van der Waals surface area contributed by atoms with Crippen LogP contribution in [0.3, 0.4) is 0 Å². The average Bonchev–Trinajstić information content (AvgIpc) is 2.64. The van der Waals surface area contributed by atoms with Gasteiger partial charge in [-0.15, -0.1) is 0 Å². The summed E-state index contributed by atoms with van der Waals surface area (Å²) in [5.74, 6) is -0.346. The van der Waals surface area contributed by atoms with E-state index < -0.39 is 10.0 Å². The zero-order valence-electron chi connectivity index (χ0n) is 14.4. The van der Waals surface area contributed by atoms with E-state index in [1.54, 1.807) is 54.6 Å². The number of anilines is 2. The molecule has 7 heteroatoms. The van der Waals surface area contributed by atoms with Gasteiger partial charge >= 0.3 is 0 Å². The number of carbonyl (C=O) groups is 1. The highest BCUT2D eigenvalue weighted by molar-refractivity contribution is 7.92. The largest absolute Gasteiger partial charge is 0.322 e. The highest BCUT2D eigenvalue weighted by atomic mass is 35.5. The van der Waals surface area contributed by atoms with Gasteiger partial charge in [-0.2, -0.15) is 0 Å². The molecule has 2 N–H and O–H groups in total. The molecule has 0 bridgehead atoms. The lowest BCUT2D eigenvalue weighted by Gasteiger charge is -2.11. The molecule has 1 amide bonds. The lowest BCUT2D eigenvalue weighted by molar-refractivity contribution is 0.102. The van der Waals surface area contributed by atoms with Gasteiger partial charge in [0.25, 0.3) is 15.9 Å². The van der Waals surface area contributed by atoms with Crippen molar-refractivity contribution in [2.75, 3.05) is 10.0 Å². The molecule has 0 heterocycles. The molecule has 0 atom stereocenters. The number of nitrogens with one attached hydrogen (secondary N) is 2. The van der Waals surface area contributed by atoms with Crippen LogP contribution in [-0.4, -0.2) is 14.3 Å². The molecule has 5 nitrogen and oxygen atoms in total. The molecule has 0 unspecified atom stereocenters. The third-order valence-corrected chi connectivity index (χ3v) is 5.50. The van der Waals surface area contributed by atoms with E-state index in [1.165, 1.54) is 18.2 Å². The van der Waals surface area contributed by atoms with E-state index >= 15 is 0 Å². The second-order valence-corrected chi connectivity index (χ2v) is 8.03. The van der Waals surface area contributed by atoms with Gasteiger partial charge in [0.2, 0.25) is 0 Å². The number of hydrogen-bond donors (Lipinski definition) is 2. The summed E-state index contributed by atoms with van der Waals surface area (Å²) in [4.78, 5) is 12.7. The topological polar surface area (TPSA) is 75.3 Å². The molecule has 0 aromatic heterocycles. The number of amides is 1. The fraction of sp³-hybridized carbons (Fsp3) is 0.0500. The van der Waals surface area contributed by atoms with Crippen molar-refractivity contribution in [3.05, 3.63) is 88.9 Å². The Balaban J connectivity index is 1.80. The van der Waals surface area contributed by atoms with Crippen molar-refractivity contribution < 1.29 is 13.2 Å². The standard InChI is InChI=1S/C20H17ClN2O3S/c1-14-12-16(21)10-11-19(14)22-20(24)15-6-5-7-17(13-15)23-27(25,26)18-8-3-2-4-9-18/h2-13,23H,1H3,(H,22,24). The molecule has 0 aliphatic heterocycles. The minimum atomic E-state index is -3.72. The lowest BCUT2D eigenvalue weighted by atomic mass is 10.1. The predicted octanol–water partition coefficient (Wildman–Crippen LogP) is 4.70. The molecule has 3 rings (SSSR count). The predicted molar refractivity (Wildman–Crippen MR) is 108 cm³/mol. The van der Waals surface area contributed by atoms with Gasteiger partial charge in [0.05, 0.1) is 4.90 Å². The van der Waals surface area contributed by atoms with E-state index in [-0.39, 0.29) is 10.8 Å². The third kappa shape index (κ3) is 4.67. The van der Waals surface area contributed by atoms with Crippen LogP contribution in [0.4, 0.5) is 11.4 Å². The maximum Gasteiger partial charge on any atom is 0.261 e. The summed E-state index contributed by atoms with van der Waals surface area (Å²) < 4.78 is 27.3. The monoisotopic (exact) mass is 400 g/mol. The van der Waals surface area contributed by atoms with Crippen LogP contribution in [0.15, 0.2) is 77.7 Å². The molecule has 3 aromatic rings. The van der Waals surface area contributed by atoms with Crippen LogP contribution in [0.25, 0.3) is 0 Å². The molecular weight excluding hydrogens is 384 g/mol. The van der Waals surface area contributed by atoms with Gasteiger partial charge in [0, 0.05) is 22.0 Å². The van der Waals surface area contributed by atoms with Gasteiger partial charge < -0.3 is 5.32 Å². The van der Waals surface area contributed by atoms with Crippen LogP contribution < -0.4 is 10.0 Å². The Bertz CT molecular complexity index is 1080. The Hall–Kier alpha value is -2.83. The van der Waals surface area contributed by atoms with Crippen molar-refractivity contribution in [3.8, 4) is 0 Å². The molecule has 0 aliphatic rings. The molecule has 3 aromatic carbocycles. The molecule has 0 saturated carbocycles. The van der Waals surface area contributed by atoms with Gasteiger partial charge in [-0.25, -0.2) is 8.42 Å². The lowest BCUT2D eigenvalue weighted by Crippen LogP contribution is -2.15. The molecule has 0 aliphatic carbocycles. The Labute approximate surface area is 163 Å². The highest BCUT2D eigenvalue weighted by Crippen LogP contribution is 2.21. The molecule has 0 radical (unpaired) electrons. The van der Waals surface area contributed by atoms with E-state index in [9.17, 15) is 13.2 Å². The maximum absolute atomic E-state index is 12.5. The first-order chi connectivity index (χ1) is 12.8. The maximum atomic E-state index is 12.5. The first kappa shape index (κ1) is 18.9. The smallest absolute Gasteiger partial charge is 0.261 e. The summed E-state index contributed by atoms with van der Waals surface area (Å²) in [7, 11) is -3.72. The number of carbonyl (C=O) groups excluding carboxylic acids is 1. The highest BCUT2D eigenvalue weighted by Gasteiger charge is 2.15. The van der Waals surface area contributed by atoms with Crippen LogP contribution in [0.5, 0.6) is 0 Å². The van der Waals surface area contributed by atoms with E-state index in [0.717, 1.165) is 5.56 Å². The molecule has 0 spiro atoms. The van der Waals surface area contributed by atoms with Crippen molar-refractivity contribution in [3.63, 3.8) is 0 Å². The molecule has 0 saturated heterocycles. The number of halogens is 1. The summed E-state index contributed by atoms with van der Waals surface area (Å²) in [5, 5.41) is 3.39. The summed E-state index contributed by atoms with van der Waals surface area (Å²) >= 11 is 5.93. The summed E-state index contributed by atoms with van der Waals surface area (Å²) in [6.45, 7) is 1.84. The van der Waals surface area contributed by atoms with Gasteiger partial charge in [-0.05, 0) is 61.0 Å². The third-order valence-electron chi connectivity index (χ3n) is 3.87. The second-order valence-electron chi connectivity index (χ2n) is 5.91. The first-order valence-electron chi connectivity index (χ1n) is 8.10. The van der Waals surface area contributed by atoms with E-state index in [1.807, 2.05) is 6.92 Å². The second kappa shape index (κ2) is 7.82. The van der Waals surface area contributed by atoms with Crippen molar-refractivity contribution in [1.29, 1.82) is 0 Å². The van der Waals surface area contributed by atoms with Crippen LogP contribution in [0.1, 0.15) is 15.9 Å². The Kier molecular flexibility index (Phi) is 5.48. The van der Waals surface area contributed by atoms with E-state index in [2.05, 4.69) is 10.0 Å². The molecule has 0 fully saturated rings. The zero-order chi connectivity index (χ0) is 19.4. The van der Waals surface area contributed by atoms with E-state index in [4.69, 9.17) is 11.6 Å². The van der Waals surface area contributed by atoms with Crippen molar-refractivity contribution in [2.45, 2.75) is 11.8 Å². The Morgan fingerprint density at radius 3 is 2.37 bits per heavy atom. The van der Waals surface area contributed by atoms with Crippen LogP contribution in [0.2, 0.25) is 5.02 Å². The number of hydrogen-bond acceptors (Lipinski definition) is 3. The van der Waals surface area contributed by atoms with E-state index in [0.29, 0.717) is 22.0 Å². The van der Waals surface area contributed by atoms with Crippen LogP contribution >= 0.6 is 11.6 Å². The molecule has 27 heavy (non-hydrogen) atoms. The number of rotatable bonds is 5. The fourth-order valence-electron chi connectivity index (χ4n) is 2.50. The SMILES string of the molecule is Cc1cc(Cl)ccc1NC(=O)c1cccc(NS(=O)(=O)c2ccccc2)c1. The van der Waals surface area contributed by atoms with Gasteiger partial charge in [-0.1, -0.05) is 35.9 Å². The Morgan fingerprint density at radius 1 is 0.926 bits per heavy atom. The minimum Gasteiger partial charge on any atom is -0.322 e. The normalized spacial score (nSPS) is 11.0. The first-order valence-corrected chi connectivity index (χ1v) is 9.97. The van der Waals surface area contributed by atoms with Crippen molar-refractivity contribution in [1.82, 2.24) is 0 Å².